The highest BCUT2D eigenvalue weighted by atomic mass is 32.2. The lowest BCUT2D eigenvalue weighted by Crippen LogP contribution is -2.33. The van der Waals surface area contributed by atoms with Gasteiger partial charge in [-0.15, -0.1) is 0 Å². The molecule has 15 heteroatoms. The topological polar surface area (TPSA) is 155 Å². The van der Waals surface area contributed by atoms with E-state index < -0.39 is 10.1 Å². The molecule has 0 aliphatic carbocycles. The largest absolute Gasteiger partial charge is 0.377 e. The van der Waals surface area contributed by atoms with Crippen LogP contribution in [-0.4, -0.2) is 144 Å². The quantitative estimate of drug-likeness (QED) is 0.0696. The van der Waals surface area contributed by atoms with E-state index in [1.807, 2.05) is 0 Å². The van der Waals surface area contributed by atoms with Gasteiger partial charge in [0.25, 0.3) is 21.9 Å². The molecular weight excluding hydrogens is 638 g/mol. The zero-order chi connectivity index (χ0) is 33.4. The van der Waals surface area contributed by atoms with E-state index in [0.717, 1.165) is 0 Å². The van der Waals surface area contributed by atoms with E-state index in [2.05, 4.69) is 0 Å². The van der Waals surface area contributed by atoms with Gasteiger partial charge in [-0.3, -0.25) is 18.7 Å². The Hall–Kier alpha value is -2.83. The summed E-state index contributed by atoms with van der Waals surface area (Å²) in [5.41, 5.74) is 0.868. The predicted molar refractivity (Wildman–Crippen MR) is 168 cm³/mol. The number of fused-ring (bicyclic) bond motifs is 1. The summed E-state index contributed by atoms with van der Waals surface area (Å²) < 4.78 is 72.3. The highest BCUT2D eigenvalue weighted by molar-refractivity contribution is 7.86. The molecule has 262 valence electrons. The Kier molecular flexibility index (Phi) is 19.3. The van der Waals surface area contributed by atoms with E-state index in [4.69, 9.17) is 42.1 Å². The molecule has 2 aromatic rings. The highest BCUT2D eigenvalue weighted by Crippen LogP contribution is 2.21. The van der Waals surface area contributed by atoms with E-state index in [-0.39, 0.29) is 43.1 Å². The van der Waals surface area contributed by atoms with Gasteiger partial charge >= 0.3 is 0 Å². The third-order valence-corrected chi connectivity index (χ3v) is 7.77. The van der Waals surface area contributed by atoms with E-state index in [9.17, 15) is 18.0 Å². The molecule has 47 heavy (non-hydrogen) atoms. The van der Waals surface area contributed by atoms with Crippen molar-refractivity contribution in [2.45, 2.75) is 4.90 Å². The van der Waals surface area contributed by atoms with Crippen LogP contribution in [0.3, 0.4) is 0 Å². The van der Waals surface area contributed by atoms with Crippen LogP contribution in [0.1, 0.15) is 20.7 Å². The Morgan fingerprint density at radius 3 is 1.13 bits per heavy atom. The van der Waals surface area contributed by atoms with E-state index in [0.29, 0.717) is 104 Å². The number of carbonyl (C=O) groups excluding carboxylic acids is 2. The van der Waals surface area contributed by atoms with Crippen molar-refractivity contribution in [3.05, 3.63) is 65.7 Å². The van der Waals surface area contributed by atoms with Crippen molar-refractivity contribution in [2.75, 3.05) is 119 Å². The predicted octanol–water partition coefficient (Wildman–Crippen LogP) is 1.82. The van der Waals surface area contributed by atoms with Crippen LogP contribution in [0.5, 0.6) is 0 Å². The molecule has 0 fully saturated rings. The molecule has 0 bridgehead atoms. The normalized spacial score (nSPS) is 13.1. The van der Waals surface area contributed by atoms with Crippen LogP contribution in [0, 0.1) is 0 Å². The van der Waals surface area contributed by atoms with Gasteiger partial charge in [-0.25, -0.2) is 0 Å². The molecule has 2 aromatic carbocycles. The fourth-order valence-corrected chi connectivity index (χ4v) is 5.01. The maximum Gasteiger partial charge on any atom is 0.297 e. The lowest BCUT2D eigenvalue weighted by molar-refractivity contribution is -0.0237. The molecule has 0 spiro atoms. The van der Waals surface area contributed by atoms with Gasteiger partial charge < -0.3 is 37.9 Å². The van der Waals surface area contributed by atoms with Gasteiger partial charge in [-0.1, -0.05) is 30.3 Å². The molecule has 0 saturated carbocycles. The second-order valence-electron chi connectivity index (χ2n) is 9.80. The summed E-state index contributed by atoms with van der Waals surface area (Å²) in [5, 5.41) is 0. The standard InChI is InChI=1S/C32H45NO13S/c34-31-29-8-4-5-9-30(29)32(35)33(31)10-11-38-12-13-39-14-15-40-16-17-41-18-19-42-20-21-43-22-23-44-24-25-45-26-27-46-47(36,37)28-6-2-1-3-7-28/h1-9H,10-27H2. The number of imide groups is 1. The molecule has 0 aromatic heterocycles. The number of hydrogen-bond acceptors (Lipinski definition) is 13. The summed E-state index contributed by atoms with van der Waals surface area (Å²) in [6.07, 6.45) is 0. The molecule has 0 unspecified atom stereocenters. The first kappa shape index (κ1) is 38.6. The Morgan fingerprint density at radius 1 is 0.426 bits per heavy atom. The molecule has 3 rings (SSSR count). The van der Waals surface area contributed by atoms with E-state index >= 15 is 0 Å². The van der Waals surface area contributed by atoms with E-state index in [1.54, 1.807) is 42.5 Å². The molecule has 2 amide bonds. The molecule has 0 radical (unpaired) electrons. The fourth-order valence-electron chi connectivity index (χ4n) is 4.10. The van der Waals surface area contributed by atoms with Crippen molar-refractivity contribution in [3.63, 3.8) is 0 Å². The minimum atomic E-state index is -3.77. The number of benzene rings is 2. The van der Waals surface area contributed by atoms with Gasteiger partial charge in [0.2, 0.25) is 0 Å². The highest BCUT2D eigenvalue weighted by Gasteiger charge is 2.34. The summed E-state index contributed by atoms with van der Waals surface area (Å²) in [6, 6.07) is 14.7. The molecule has 1 heterocycles. The van der Waals surface area contributed by atoms with Crippen molar-refractivity contribution in [3.8, 4) is 0 Å². The van der Waals surface area contributed by atoms with Crippen molar-refractivity contribution in [1.82, 2.24) is 4.90 Å². The number of ether oxygens (including phenoxy) is 8. The van der Waals surface area contributed by atoms with Gasteiger partial charge in [-0.2, -0.15) is 8.42 Å². The van der Waals surface area contributed by atoms with Crippen LogP contribution in [0.4, 0.5) is 0 Å². The molecule has 1 aliphatic heterocycles. The number of nitrogens with zero attached hydrogens (tertiary/aromatic N) is 1. The second-order valence-corrected chi connectivity index (χ2v) is 11.4. The summed E-state index contributed by atoms with van der Waals surface area (Å²) in [7, 11) is -3.77. The molecule has 1 aliphatic rings. The van der Waals surface area contributed by atoms with Crippen LogP contribution in [0.2, 0.25) is 0 Å². The average molecular weight is 684 g/mol. The lowest BCUT2D eigenvalue weighted by atomic mass is 10.1. The number of rotatable bonds is 29. The Labute approximate surface area is 276 Å². The SMILES string of the molecule is O=C1c2ccccc2C(=O)N1CCOCCOCCOCCOCCOCCOCCOCCOCCOS(=O)(=O)c1ccccc1. The summed E-state index contributed by atoms with van der Waals surface area (Å²) >= 11 is 0. The number of carbonyl (C=O) groups is 2. The van der Waals surface area contributed by atoms with Crippen molar-refractivity contribution in [1.29, 1.82) is 0 Å². The van der Waals surface area contributed by atoms with Crippen molar-refractivity contribution < 1.29 is 60.1 Å². The van der Waals surface area contributed by atoms with Crippen LogP contribution in [0.15, 0.2) is 59.5 Å². The Balaban J connectivity index is 0.962. The average Bonchev–Trinajstić information content (AvgIpc) is 3.33. The molecule has 0 atom stereocenters. The number of hydrogen-bond donors (Lipinski definition) is 0. The molecule has 14 nitrogen and oxygen atoms in total. The van der Waals surface area contributed by atoms with Gasteiger partial charge in [0.15, 0.2) is 0 Å². The number of amides is 2. The third-order valence-electron chi connectivity index (χ3n) is 6.44. The van der Waals surface area contributed by atoms with Gasteiger partial charge in [0.1, 0.15) is 0 Å². The maximum absolute atomic E-state index is 12.3. The second kappa shape index (κ2) is 23.5. The molecule has 0 saturated heterocycles. The zero-order valence-corrected chi connectivity index (χ0v) is 27.4. The maximum atomic E-state index is 12.3. The summed E-state index contributed by atoms with van der Waals surface area (Å²) in [5.74, 6) is -0.572. The minimum absolute atomic E-state index is 0.0672. The minimum Gasteiger partial charge on any atom is -0.377 e. The van der Waals surface area contributed by atoms with Crippen LogP contribution >= 0.6 is 0 Å². The zero-order valence-electron chi connectivity index (χ0n) is 26.6. The van der Waals surface area contributed by atoms with Crippen molar-refractivity contribution >= 4 is 21.9 Å². The third kappa shape index (κ3) is 15.3. The Bertz CT molecular complexity index is 1230. The first-order valence-electron chi connectivity index (χ1n) is 15.5. The van der Waals surface area contributed by atoms with Gasteiger partial charge in [0, 0.05) is 0 Å². The van der Waals surface area contributed by atoms with Crippen LogP contribution < -0.4 is 0 Å². The summed E-state index contributed by atoms with van der Waals surface area (Å²) in [4.78, 5) is 25.9. The molecular formula is C32H45NO13S. The first-order chi connectivity index (χ1) is 23.0. The van der Waals surface area contributed by atoms with E-state index in [1.165, 1.54) is 17.0 Å². The fraction of sp³-hybridized carbons (Fsp3) is 0.562. The van der Waals surface area contributed by atoms with Crippen molar-refractivity contribution in [2.24, 2.45) is 0 Å². The monoisotopic (exact) mass is 683 g/mol. The van der Waals surface area contributed by atoms with Crippen LogP contribution in [0.25, 0.3) is 0 Å². The molecule has 0 N–H and O–H groups in total. The Morgan fingerprint density at radius 2 is 0.745 bits per heavy atom. The smallest absolute Gasteiger partial charge is 0.297 e. The lowest BCUT2D eigenvalue weighted by Gasteiger charge is -2.13. The summed E-state index contributed by atoms with van der Waals surface area (Å²) in [6.45, 7) is 6.29. The van der Waals surface area contributed by atoms with Gasteiger partial charge in [-0.05, 0) is 24.3 Å². The van der Waals surface area contributed by atoms with Gasteiger partial charge in [0.05, 0.1) is 135 Å². The first-order valence-corrected chi connectivity index (χ1v) is 16.9. The van der Waals surface area contributed by atoms with Crippen LogP contribution in [-0.2, 0) is 52.2 Å².